The molecule has 8 nitrogen and oxygen atoms in total. The quantitative estimate of drug-likeness (QED) is 0.682. The summed E-state index contributed by atoms with van der Waals surface area (Å²) < 4.78 is 4.01. The maximum absolute atomic E-state index is 12.6. The topological polar surface area (TPSA) is 80.9 Å². The van der Waals surface area contributed by atoms with Gasteiger partial charge in [-0.3, -0.25) is 0 Å². The van der Waals surface area contributed by atoms with Crippen LogP contribution in [0.3, 0.4) is 0 Å². The molecule has 0 unspecified atom stereocenters. The van der Waals surface area contributed by atoms with Crippen molar-refractivity contribution < 1.29 is 4.79 Å². The van der Waals surface area contributed by atoms with Crippen LogP contribution in [0.25, 0.3) is 0 Å². The highest BCUT2D eigenvalue weighted by Crippen LogP contribution is 2.15. The lowest BCUT2D eigenvalue weighted by Gasteiger charge is -2.22. The Balaban J connectivity index is 1.62. The maximum atomic E-state index is 12.6. The number of imidazole rings is 1. The van der Waals surface area contributed by atoms with E-state index >= 15 is 0 Å². The van der Waals surface area contributed by atoms with Gasteiger partial charge in [-0.15, -0.1) is 10.2 Å². The molecule has 0 aliphatic heterocycles. The van der Waals surface area contributed by atoms with Crippen LogP contribution in [0.2, 0.25) is 0 Å². The van der Waals surface area contributed by atoms with Crippen LogP contribution in [0, 0.1) is 0 Å². The molecule has 0 fully saturated rings. The molecule has 2 heterocycles. The van der Waals surface area contributed by atoms with E-state index in [0.29, 0.717) is 6.54 Å². The van der Waals surface area contributed by atoms with Crippen molar-refractivity contribution in [1.29, 1.82) is 0 Å². The van der Waals surface area contributed by atoms with Gasteiger partial charge in [0.1, 0.15) is 12.2 Å². The molecule has 0 saturated carbocycles. The normalized spacial score (nSPS) is 12.2. The van der Waals surface area contributed by atoms with Crippen LogP contribution in [0.1, 0.15) is 50.1 Å². The molecular weight excluding hydrogens is 354 g/mol. The Labute approximate surface area is 165 Å². The number of benzene rings is 1. The highest BCUT2D eigenvalue weighted by atomic mass is 16.2. The SMILES string of the molecule is CC(C)n1cnnc1[C@H](C)NC(=O)N(C)Cc1nccn1Cc1ccccc1. The monoisotopic (exact) mass is 381 g/mol. The van der Waals surface area contributed by atoms with Crippen LogP contribution in [0.5, 0.6) is 0 Å². The standard InChI is InChI=1S/C20H27N7O/c1-15(2)27-14-22-24-19(27)16(3)23-20(28)25(4)13-18-21-10-11-26(18)12-17-8-6-5-7-9-17/h5-11,14-16H,12-13H2,1-4H3,(H,23,28)/t16-/m0/s1. The Morgan fingerprint density at radius 2 is 1.96 bits per heavy atom. The molecule has 1 atom stereocenters. The van der Waals surface area contributed by atoms with Crippen molar-refractivity contribution in [3.05, 3.63) is 66.3 Å². The zero-order chi connectivity index (χ0) is 20.1. The van der Waals surface area contributed by atoms with Crippen LogP contribution in [-0.4, -0.2) is 42.3 Å². The summed E-state index contributed by atoms with van der Waals surface area (Å²) in [5.74, 6) is 1.57. The lowest BCUT2D eigenvalue weighted by Crippen LogP contribution is -2.39. The summed E-state index contributed by atoms with van der Waals surface area (Å²) in [6.07, 6.45) is 5.38. The van der Waals surface area contributed by atoms with E-state index < -0.39 is 0 Å². The summed E-state index contributed by atoms with van der Waals surface area (Å²) in [6, 6.07) is 9.99. The fraction of sp³-hybridized carbons (Fsp3) is 0.400. The van der Waals surface area contributed by atoms with Gasteiger partial charge in [0.2, 0.25) is 0 Å². The molecule has 3 aromatic rings. The summed E-state index contributed by atoms with van der Waals surface area (Å²) >= 11 is 0. The average molecular weight is 381 g/mol. The zero-order valence-electron chi connectivity index (χ0n) is 16.8. The predicted molar refractivity (Wildman–Crippen MR) is 107 cm³/mol. The smallest absolute Gasteiger partial charge is 0.318 e. The highest BCUT2D eigenvalue weighted by molar-refractivity contribution is 5.74. The van der Waals surface area contributed by atoms with E-state index in [9.17, 15) is 4.79 Å². The largest absolute Gasteiger partial charge is 0.329 e. The number of hydrogen-bond donors (Lipinski definition) is 1. The third kappa shape index (κ3) is 4.57. The van der Waals surface area contributed by atoms with Gasteiger partial charge in [0.05, 0.1) is 12.6 Å². The van der Waals surface area contributed by atoms with E-state index in [2.05, 4.69) is 51.0 Å². The second-order valence-corrected chi connectivity index (χ2v) is 7.17. The summed E-state index contributed by atoms with van der Waals surface area (Å²) in [7, 11) is 1.76. The number of carbonyl (C=O) groups excluding carboxylic acids is 1. The molecule has 148 valence electrons. The van der Waals surface area contributed by atoms with Crippen molar-refractivity contribution in [2.45, 2.75) is 45.9 Å². The number of amides is 2. The molecule has 0 aliphatic carbocycles. The second-order valence-electron chi connectivity index (χ2n) is 7.17. The summed E-state index contributed by atoms with van der Waals surface area (Å²) in [5, 5.41) is 11.1. The van der Waals surface area contributed by atoms with Crippen LogP contribution in [0.15, 0.2) is 49.1 Å². The Bertz CT molecular complexity index is 900. The lowest BCUT2D eigenvalue weighted by molar-refractivity contribution is 0.201. The molecule has 1 aromatic carbocycles. The number of hydrogen-bond acceptors (Lipinski definition) is 4. The lowest BCUT2D eigenvalue weighted by atomic mass is 10.2. The average Bonchev–Trinajstić information content (AvgIpc) is 3.32. The van der Waals surface area contributed by atoms with Crippen molar-refractivity contribution in [3.63, 3.8) is 0 Å². The van der Waals surface area contributed by atoms with Gasteiger partial charge in [-0.1, -0.05) is 30.3 Å². The molecule has 0 radical (unpaired) electrons. The first-order valence-electron chi connectivity index (χ1n) is 9.40. The predicted octanol–water partition coefficient (Wildman–Crippen LogP) is 3.01. The zero-order valence-corrected chi connectivity index (χ0v) is 16.8. The molecule has 0 aliphatic rings. The summed E-state index contributed by atoms with van der Waals surface area (Å²) in [6.45, 7) is 7.15. The third-order valence-electron chi connectivity index (χ3n) is 4.61. The van der Waals surface area contributed by atoms with Gasteiger partial charge in [0.15, 0.2) is 5.82 Å². The van der Waals surface area contributed by atoms with Crippen LogP contribution >= 0.6 is 0 Å². The first-order valence-corrected chi connectivity index (χ1v) is 9.40. The first-order chi connectivity index (χ1) is 13.5. The fourth-order valence-electron chi connectivity index (χ4n) is 3.02. The van der Waals surface area contributed by atoms with Gasteiger partial charge in [0, 0.05) is 32.0 Å². The van der Waals surface area contributed by atoms with Gasteiger partial charge in [-0.05, 0) is 26.3 Å². The molecule has 3 rings (SSSR count). The van der Waals surface area contributed by atoms with Crippen LogP contribution < -0.4 is 5.32 Å². The number of nitrogens with one attached hydrogen (secondary N) is 1. The number of carbonyl (C=O) groups is 1. The van der Waals surface area contributed by atoms with E-state index in [1.54, 1.807) is 24.5 Å². The van der Waals surface area contributed by atoms with Crippen LogP contribution in [-0.2, 0) is 13.1 Å². The number of aromatic nitrogens is 5. The van der Waals surface area contributed by atoms with E-state index in [1.807, 2.05) is 35.9 Å². The Morgan fingerprint density at radius 3 is 2.68 bits per heavy atom. The van der Waals surface area contributed by atoms with Crippen molar-refractivity contribution in [1.82, 2.24) is 34.5 Å². The Kier molecular flexibility index (Phi) is 6.08. The van der Waals surface area contributed by atoms with Gasteiger partial charge in [-0.25, -0.2) is 9.78 Å². The Hall–Kier alpha value is -3.16. The molecule has 28 heavy (non-hydrogen) atoms. The van der Waals surface area contributed by atoms with Crippen molar-refractivity contribution in [3.8, 4) is 0 Å². The van der Waals surface area contributed by atoms with Gasteiger partial charge >= 0.3 is 6.03 Å². The number of nitrogens with zero attached hydrogens (tertiary/aromatic N) is 6. The number of urea groups is 1. The molecule has 8 heteroatoms. The number of rotatable bonds is 7. The molecular formula is C20H27N7O. The molecule has 0 saturated heterocycles. The third-order valence-corrected chi connectivity index (χ3v) is 4.61. The highest BCUT2D eigenvalue weighted by Gasteiger charge is 2.20. The molecule has 0 spiro atoms. The first kappa shape index (κ1) is 19.6. The second kappa shape index (κ2) is 8.69. The van der Waals surface area contributed by atoms with Crippen molar-refractivity contribution in [2.75, 3.05) is 7.05 Å². The van der Waals surface area contributed by atoms with E-state index in [1.165, 1.54) is 5.56 Å². The minimum Gasteiger partial charge on any atom is -0.329 e. The molecule has 1 N–H and O–H groups in total. The van der Waals surface area contributed by atoms with E-state index in [0.717, 1.165) is 18.2 Å². The van der Waals surface area contributed by atoms with Gasteiger partial charge < -0.3 is 19.4 Å². The van der Waals surface area contributed by atoms with E-state index in [4.69, 9.17) is 0 Å². The minimum absolute atomic E-state index is 0.180. The summed E-state index contributed by atoms with van der Waals surface area (Å²) in [4.78, 5) is 18.7. The minimum atomic E-state index is -0.246. The Morgan fingerprint density at radius 1 is 1.21 bits per heavy atom. The summed E-state index contributed by atoms with van der Waals surface area (Å²) in [5.41, 5.74) is 1.19. The molecule has 2 aromatic heterocycles. The molecule has 0 bridgehead atoms. The fourth-order valence-corrected chi connectivity index (χ4v) is 3.02. The van der Waals surface area contributed by atoms with Crippen molar-refractivity contribution in [2.24, 2.45) is 0 Å². The van der Waals surface area contributed by atoms with Crippen LogP contribution in [0.4, 0.5) is 4.79 Å². The van der Waals surface area contributed by atoms with Crippen molar-refractivity contribution >= 4 is 6.03 Å². The van der Waals surface area contributed by atoms with E-state index in [-0.39, 0.29) is 18.1 Å². The van der Waals surface area contributed by atoms with Gasteiger partial charge in [0.25, 0.3) is 0 Å². The van der Waals surface area contributed by atoms with Gasteiger partial charge in [-0.2, -0.15) is 0 Å². The molecule has 2 amide bonds. The maximum Gasteiger partial charge on any atom is 0.318 e.